The van der Waals surface area contributed by atoms with Crippen molar-refractivity contribution in [3.63, 3.8) is 0 Å². The summed E-state index contributed by atoms with van der Waals surface area (Å²) in [7, 11) is 0. The van der Waals surface area contributed by atoms with Gasteiger partial charge in [-0.05, 0) is 112 Å². The van der Waals surface area contributed by atoms with E-state index in [1.807, 2.05) is 6.08 Å². The molecule has 2 aliphatic heterocycles. The smallest absolute Gasteiger partial charge is 0.187 e. The van der Waals surface area contributed by atoms with Crippen molar-refractivity contribution in [3.8, 4) is 0 Å². The van der Waals surface area contributed by atoms with Crippen molar-refractivity contribution in [2.24, 2.45) is 40.4 Å². The highest BCUT2D eigenvalue weighted by molar-refractivity contribution is 5.98. The lowest BCUT2D eigenvalue weighted by Gasteiger charge is -2.56. The Labute approximate surface area is 218 Å². The van der Waals surface area contributed by atoms with Crippen molar-refractivity contribution < 1.29 is 19.0 Å². The molecule has 0 aromatic heterocycles. The second kappa shape index (κ2) is 9.06. The molecule has 0 amide bonds. The Bertz CT molecular complexity index is 928. The number of fused-ring (bicyclic) bond motifs is 7. The van der Waals surface area contributed by atoms with Crippen LogP contribution in [0.5, 0.6) is 0 Å². The van der Waals surface area contributed by atoms with Gasteiger partial charge in [0.25, 0.3) is 0 Å². The molecule has 2 heterocycles. The lowest BCUT2D eigenvalue weighted by Crippen LogP contribution is -2.51. The van der Waals surface area contributed by atoms with Crippen LogP contribution in [0.3, 0.4) is 0 Å². The normalized spacial score (nSPS) is 46.3. The van der Waals surface area contributed by atoms with Gasteiger partial charge in [0.1, 0.15) is 12.2 Å². The van der Waals surface area contributed by atoms with Gasteiger partial charge < -0.3 is 14.2 Å². The van der Waals surface area contributed by atoms with Crippen LogP contribution in [0.2, 0.25) is 0 Å². The maximum absolute atomic E-state index is 12.3. The molecule has 0 N–H and O–H groups in total. The number of carbonyl (C=O) groups excluding carboxylic acids is 1. The summed E-state index contributed by atoms with van der Waals surface area (Å²) in [6, 6.07) is 0. The molecule has 4 nitrogen and oxygen atoms in total. The maximum atomic E-state index is 12.3. The molecule has 36 heavy (non-hydrogen) atoms. The van der Waals surface area contributed by atoms with Gasteiger partial charge in [-0.25, -0.2) is 0 Å². The number of hydrogen-bond acceptors (Lipinski definition) is 4. The molecular weight excluding hydrogens is 448 g/mol. The highest BCUT2D eigenvalue weighted by Crippen LogP contribution is 2.68. The summed E-state index contributed by atoms with van der Waals surface area (Å²) >= 11 is 0. The number of ketones is 1. The van der Waals surface area contributed by atoms with E-state index in [-0.39, 0.29) is 35.3 Å². The fourth-order valence-electron chi connectivity index (χ4n) is 9.62. The summed E-state index contributed by atoms with van der Waals surface area (Å²) < 4.78 is 18.2. The average molecular weight is 497 g/mol. The van der Waals surface area contributed by atoms with Crippen molar-refractivity contribution in [1.82, 2.24) is 0 Å². The molecule has 200 valence electrons. The fraction of sp³-hybridized carbons (Fsp3) is 0.844. The van der Waals surface area contributed by atoms with Gasteiger partial charge in [-0.2, -0.15) is 0 Å². The summed E-state index contributed by atoms with van der Waals surface area (Å²) in [5, 5.41) is 0. The highest BCUT2D eigenvalue weighted by atomic mass is 16.7. The van der Waals surface area contributed by atoms with Crippen LogP contribution in [0, 0.1) is 40.4 Å². The van der Waals surface area contributed by atoms with E-state index in [2.05, 4.69) is 46.8 Å². The molecule has 4 heteroatoms. The first-order chi connectivity index (χ1) is 17.1. The van der Waals surface area contributed by atoms with Gasteiger partial charge in [-0.1, -0.05) is 45.8 Å². The first-order valence-electron chi connectivity index (χ1n) is 15.0. The van der Waals surface area contributed by atoms with Gasteiger partial charge >= 0.3 is 0 Å². The zero-order chi connectivity index (χ0) is 25.3. The summed E-state index contributed by atoms with van der Waals surface area (Å²) in [5.41, 5.74) is 1.58. The predicted molar refractivity (Wildman–Crippen MR) is 141 cm³/mol. The Kier molecular flexibility index (Phi) is 6.37. The van der Waals surface area contributed by atoms with Gasteiger partial charge in [0.2, 0.25) is 0 Å². The Hall–Kier alpha value is -0.970. The van der Waals surface area contributed by atoms with Crippen LogP contribution in [0.1, 0.15) is 98.8 Å². The zero-order valence-electron chi connectivity index (χ0n) is 23.3. The third-order valence-corrected chi connectivity index (χ3v) is 11.7. The zero-order valence-corrected chi connectivity index (χ0v) is 23.3. The van der Waals surface area contributed by atoms with E-state index < -0.39 is 0 Å². The summed E-state index contributed by atoms with van der Waals surface area (Å²) in [6.45, 7) is 12.9. The topological polar surface area (TPSA) is 48.1 Å². The number of hydrogen-bond donors (Lipinski definition) is 0. The number of ether oxygens (including phenoxy) is 3. The number of rotatable bonds is 7. The molecule has 10 atom stereocenters. The van der Waals surface area contributed by atoms with Crippen molar-refractivity contribution >= 4 is 5.78 Å². The Balaban J connectivity index is 1.09. The number of epoxide rings is 1. The summed E-state index contributed by atoms with van der Waals surface area (Å²) in [5.74, 6) is 3.75. The monoisotopic (exact) mass is 496 g/mol. The lowest BCUT2D eigenvalue weighted by molar-refractivity contribution is -0.217. The molecule has 4 fully saturated rings. The van der Waals surface area contributed by atoms with Crippen molar-refractivity contribution in [1.29, 1.82) is 0 Å². The molecule has 2 saturated carbocycles. The van der Waals surface area contributed by atoms with Crippen LogP contribution in [-0.2, 0) is 19.0 Å². The molecule has 6 aliphatic rings. The number of allylic oxidation sites excluding steroid dienone is 2. The van der Waals surface area contributed by atoms with Crippen LogP contribution in [0.4, 0.5) is 0 Å². The summed E-state index contributed by atoms with van der Waals surface area (Å²) in [4.78, 5) is 12.3. The fourth-order valence-corrected chi connectivity index (χ4v) is 9.62. The van der Waals surface area contributed by atoms with E-state index in [9.17, 15) is 4.79 Å². The molecule has 0 spiro atoms. The maximum Gasteiger partial charge on any atom is 0.187 e. The van der Waals surface area contributed by atoms with E-state index in [4.69, 9.17) is 14.2 Å². The third kappa shape index (κ3) is 4.09. The van der Waals surface area contributed by atoms with Crippen LogP contribution < -0.4 is 0 Å². The third-order valence-electron chi connectivity index (χ3n) is 11.7. The van der Waals surface area contributed by atoms with Gasteiger partial charge in [0.15, 0.2) is 12.1 Å². The molecule has 2 saturated heterocycles. The standard InChI is InChI=1S/C32H48O4/c1-20(9-8-16-30(2,3)36-27-10-6-7-18-34-27)23-13-14-24-22-12-11-21-19-26(33)28-29(35-28)32(21,5)25(22)15-17-31(23,24)4/h11-12,19-20,22-25,27-29H,6-10,13-18H2,1-5H3/t20-,22+,23-,24+,25+,27?,28+,29+,31-,32+/m1/s1. The Morgan fingerprint density at radius 2 is 1.97 bits per heavy atom. The predicted octanol–water partition coefficient (Wildman–Crippen LogP) is 7.03. The molecule has 0 aromatic rings. The average Bonchev–Trinajstić information content (AvgIpc) is 3.57. The van der Waals surface area contributed by atoms with Crippen molar-refractivity contribution in [2.75, 3.05) is 6.61 Å². The molecular formula is C32H48O4. The summed E-state index contributed by atoms with van der Waals surface area (Å²) in [6.07, 6.45) is 19.0. The van der Waals surface area contributed by atoms with E-state index >= 15 is 0 Å². The Morgan fingerprint density at radius 3 is 2.75 bits per heavy atom. The highest BCUT2D eigenvalue weighted by Gasteiger charge is 2.66. The van der Waals surface area contributed by atoms with Crippen molar-refractivity contribution in [2.45, 2.75) is 123 Å². The second-order valence-electron chi connectivity index (χ2n) is 14.2. The Morgan fingerprint density at radius 1 is 1.14 bits per heavy atom. The minimum atomic E-state index is -0.159. The van der Waals surface area contributed by atoms with E-state index in [1.54, 1.807) is 0 Å². The first kappa shape index (κ1) is 25.3. The van der Waals surface area contributed by atoms with E-state index in [0.717, 1.165) is 37.2 Å². The molecule has 0 aromatic carbocycles. The van der Waals surface area contributed by atoms with Crippen LogP contribution in [0.15, 0.2) is 23.8 Å². The molecule has 0 bridgehead atoms. The molecule has 0 radical (unpaired) electrons. The van der Waals surface area contributed by atoms with Gasteiger partial charge in [0, 0.05) is 12.0 Å². The van der Waals surface area contributed by atoms with E-state index in [1.165, 1.54) is 56.9 Å². The van der Waals surface area contributed by atoms with Gasteiger partial charge in [0.05, 0.1) is 5.60 Å². The lowest BCUT2D eigenvalue weighted by atomic mass is 9.48. The quantitative estimate of drug-likeness (QED) is 0.355. The van der Waals surface area contributed by atoms with E-state index in [0.29, 0.717) is 17.3 Å². The first-order valence-corrected chi connectivity index (χ1v) is 15.0. The van der Waals surface area contributed by atoms with Crippen LogP contribution >= 0.6 is 0 Å². The SMILES string of the molecule is C[C@H](CCCC(C)(C)OC1CCCCO1)[C@H]1CC[C@H]2[C@@H]3C=CC4=CC(=O)[C@@H]5O[C@@H]5[C@]4(C)[C@H]3CC[C@]12C. The van der Waals surface area contributed by atoms with Crippen molar-refractivity contribution in [3.05, 3.63) is 23.8 Å². The molecule has 6 rings (SSSR count). The minimum absolute atomic E-state index is 0.00442. The second-order valence-corrected chi connectivity index (χ2v) is 14.2. The largest absolute Gasteiger partial charge is 0.360 e. The molecule has 4 aliphatic carbocycles. The van der Waals surface area contributed by atoms with Crippen LogP contribution in [-0.4, -0.2) is 36.5 Å². The van der Waals surface area contributed by atoms with Crippen LogP contribution in [0.25, 0.3) is 0 Å². The van der Waals surface area contributed by atoms with Gasteiger partial charge in [-0.15, -0.1) is 0 Å². The van der Waals surface area contributed by atoms with Gasteiger partial charge in [-0.3, -0.25) is 4.79 Å². The minimum Gasteiger partial charge on any atom is -0.360 e. The molecule has 1 unspecified atom stereocenters. The number of carbonyl (C=O) groups is 1.